The maximum Gasteiger partial charge on any atom is 0.0766 e. The second-order valence-corrected chi connectivity index (χ2v) is 5.90. The average molecular weight is 300 g/mol. The van der Waals surface area contributed by atoms with Crippen LogP contribution in [0, 0.1) is 5.41 Å². The van der Waals surface area contributed by atoms with Crippen LogP contribution in [-0.4, -0.2) is 16.3 Å². The normalized spacial score (nSPS) is 18.1. The van der Waals surface area contributed by atoms with Crippen LogP contribution in [0.4, 0.5) is 0 Å². The molecule has 1 aliphatic rings. The molecule has 0 bridgehead atoms. The lowest BCUT2D eigenvalue weighted by Crippen LogP contribution is -2.39. The predicted octanol–water partition coefficient (Wildman–Crippen LogP) is 2.90. The van der Waals surface area contributed by atoms with Gasteiger partial charge in [0, 0.05) is 6.54 Å². The Balaban J connectivity index is 2.27. The van der Waals surface area contributed by atoms with E-state index < -0.39 is 0 Å². The highest BCUT2D eigenvalue weighted by Gasteiger charge is 2.37. The van der Waals surface area contributed by atoms with Crippen molar-refractivity contribution < 1.29 is 0 Å². The molecule has 0 radical (unpaired) electrons. The van der Waals surface area contributed by atoms with Gasteiger partial charge >= 0.3 is 0 Å². The second-order valence-electron chi connectivity index (χ2n) is 5.11. The summed E-state index contributed by atoms with van der Waals surface area (Å²) < 4.78 is 3.35. The van der Waals surface area contributed by atoms with Gasteiger partial charge in [-0.3, -0.25) is 4.68 Å². The van der Waals surface area contributed by atoms with E-state index in [0.29, 0.717) is 5.41 Å². The van der Waals surface area contributed by atoms with Crippen molar-refractivity contribution in [3.05, 3.63) is 15.9 Å². The summed E-state index contributed by atoms with van der Waals surface area (Å²) in [6.45, 7) is 6.04. The lowest BCUT2D eigenvalue weighted by atomic mass is 9.66. The van der Waals surface area contributed by atoms with E-state index in [4.69, 9.17) is 5.73 Å². The molecule has 0 unspecified atom stereocenters. The zero-order valence-corrected chi connectivity index (χ0v) is 12.4. The molecule has 1 aliphatic carbocycles. The minimum Gasteiger partial charge on any atom is -0.330 e. The van der Waals surface area contributed by atoms with Crippen molar-refractivity contribution in [2.24, 2.45) is 11.1 Å². The number of halogens is 1. The van der Waals surface area contributed by atoms with E-state index in [0.717, 1.165) is 25.9 Å². The Morgan fingerprint density at radius 1 is 1.41 bits per heavy atom. The molecule has 1 aromatic rings. The lowest BCUT2D eigenvalue weighted by Gasteiger charge is -2.41. The molecule has 1 heterocycles. The first kappa shape index (κ1) is 13.1. The summed E-state index contributed by atoms with van der Waals surface area (Å²) >= 11 is 3.71. The fraction of sp³-hybridized carbons (Fsp3) is 0.769. The van der Waals surface area contributed by atoms with E-state index in [1.54, 1.807) is 0 Å². The molecule has 1 fully saturated rings. The minimum atomic E-state index is 0.348. The zero-order chi connectivity index (χ0) is 12.5. The lowest BCUT2D eigenvalue weighted by molar-refractivity contribution is 0.141. The smallest absolute Gasteiger partial charge is 0.0766 e. The zero-order valence-electron chi connectivity index (χ0n) is 10.8. The largest absolute Gasteiger partial charge is 0.330 e. The van der Waals surface area contributed by atoms with Crippen LogP contribution >= 0.6 is 15.9 Å². The van der Waals surface area contributed by atoms with E-state index in [1.807, 2.05) is 0 Å². The van der Waals surface area contributed by atoms with E-state index in [2.05, 4.69) is 39.6 Å². The molecule has 0 saturated heterocycles. The van der Waals surface area contributed by atoms with Crippen LogP contribution in [0.25, 0.3) is 0 Å². The van der Waals surface area contributed by atoms with Crippen molar-refractivity contribution in [3.63, 3.8) is 0 Å². The number of aryl methyl sites for hydroxylation is 2. The summed E-state index contributed by atoms with van der Waals surface area (Å²) in [6, 6.07) is 0. The van der Waals surface area contributed by atoms with E-state index in [9.17, 15) is 0 Å². The van der Waals surface area contributed by atoms with Crippen LogP contribution in [0.15, 0.2) is 4.47 Å². The summed E-state index contributed by atoms with van der Waals surface area (Å²) in [7, 11) is 0. The summed E-state index contributed by atoms with van der Waals surface area (Å²) in [4.78, 5) is 0. The summed E-state index contributed by atoms with van der Waals surface area (Å²) in [5.74, 6) is 0. The van der Waals surface area contributed by atoms with Gasteiger partial charge in [-0.25, -0.2) is 0 Å². The molecule has 4 heteroatoms. The molecule has 3 nitrogen and oxygen atoms in total. The highest BCUT2D eigenvalue weighted by Crippen LogP contribution is 2.44. The van der Waals surface area contributed by atoms with Crippen molar-refractivity contribution in [3.8, 4) is 0 Å². The first-order valence-electron chi connectivity index (χ1n) is 6.60. The Morgan fingerprint density at radius 3 is 2.53 bits per heavy atom. The van der Waals surface area contributed by atoms with Gasteiger partial charge < -0.3 is 5.73 Å². The monoisotopic (exact) mass is 299 g/mol. The number of hydrogen-bond donors (Lipinski definition) is 1. The topological polar surface area (TPSA) is 43.8 Å². The van der Waals surface area contributed by atoms with Gasteiger partial charge in [-0.1, -0.05) is 13.3 Å². The third-order valence-electron chi connectivity index (χ3n) is 4.08. The van der Waals surface area contributed by atoms with Gasteiger partial charge in [-0.15, -0.1) is 0 Å². The molecule has 17 heavy (non-hydrogen) atoms. The first-order valence-corrected chi connectivity index (χ1v) is 7.39. The van der Waals surface area contributed by atoms with Crippen molar-refractivity contribution >= 4 is 15.9 Å². The van der Waals surface area contributed by atoms with E-state index >= 15 is 0 Å². The molecule has 0 atom stereocenters. The molecule has 0 aliphatic heterocycles. The predicted molar refractivity (Wildman–Crippen MR) is 74.0 cm³/mol. The van der Waals surface area contributed by atoms with Crippen molar-refractivity contribution in [1.29, 1.82) is 0 Å². The number of nitrogens with two attached hydrogens (primary N) is 1. The standard InChI is InChI=1S/C13H22BrN3/c1-3-10-12(14)11(17(4-2)16-10)8-13(9-15)6-5-7-13/h3-9,15H2,1-2H3. The molecule has 1 saturated carbocycles. The molecule has 2 N–H and O–H groups in total. The van der Waals surface area contributed by atoms with E-state index in [1.165, 1.54) is 35.1 Å². The highest BCUT2D eigenvalue weighted by molar-refractivity contribution is 9.10. The number of rotatable bonds is 5. The fourth-order valence-corrected chi connectivity index (χ4v) is 3.38. The van der Waals surface area contributed by atoms with Crippen LogP contribution in [0.1, 0.15) is 44.5 Å². The maximum atomic E-state index is 5.95. The number of nitrogens with zero attached hydrogens (tertiary/aromatic N) is 2. The summed E-state index contributed by atoms with van der Waals surface area (Å²) in [5.41, 5.74) is 8.82. The molecule has 96 valence electrons. The van der Waals surface area contributed by atoms with Crippen LogP contribution in [-0.2, 0) is 19.4 Å². The minimum absolute atomic E-state index is 0.348. The quantitative estimate of drug-likeness (QED) is 0.908. The van der Waals surface area contributed by atoms with Crippen molar-refractivity contribution in [1.82, 2.24) is 9.78 Å². The molecular weight excluding hydrogens is 278 g/mol. The van der Waals surface area contributed by atoms with Gasteiger partial charge in [-0.2, -0.15) is 5.10 Å². The second kappa shape index (κ2) is 5.11. The summed E-state index contributed by atoms with van der Waals surface area (Å²) in [6.07, 6.45) is 5.93. The molecular formula is C13H22BrN3. The molecule has 0 aromatic carbocycles. The van der Waals surface area contributed by atoms with Gasteiger partial charge in [0.15, 0.2) is 0 Å². The highest BCUT2D eigenvalue weighted by atomic mass is 79.9. The van der Waals surface area contributed by atoms with Crippen molar-refractivity contribution in [2.75, 3.05) is 6.54 Å². The Morgan fingerprint density at radius 2 is 2.12 bits per heavy atom. The average Bonchev–Trinajstić information content (AvgIpc) is 2.60. The first-order chi connectivity index (χ1) is 8.15. The van der Waals surface area contributed by atoms with Crippen LogP contribution in [0.2, 0.25) is 0 Å². The van der Waals surface area contributed by atoms with Crippen LogP contribution < -0.4 is 5.73 Å². The Bertz CT molecular complexity index is 388. The van der Waals surface area contributed by atoms with Gasteiger partial charge in [-0.05, 0) is 60.5 Å². The van der Waals surface area contributed by atoms with Gasteiger partial charge in [0.25, 0.3) is 0 Å². The van der Waals surface area contributed by atoms with E-state index in [-0.39, 0.29) is 0 Å². The Hall–Kier alpha value is -0.350. The van der Waals surface area contributed by atoms with Crippen LogP contribution in [0.3, 0.4) is 0 Å². The summed E-state index contributed by atoms with van der Waals surface area (Å²) in [5, 5.41) is 4.65. The third-order valence-corrected chi connectivity index (χ3v) is 5.00. The number of aromatic nitrogens is 2. The van der Waals surface area contributed by atoms with Crippen molar-refractivity contribution in [2.45, 2.75) is 52.5 Å². The van der Waals surface area contributed by atoms with Gasteiger partial charge in [0.2, 0.25) is 0 Å². The van der Waals surface area contributed by atoms with Gasteiger partial charge in [0.05, 0.1) is 15.9 Å². The maximum absolute atomic E-state index is 5.95. The van der Waals surface area contributed by atoms with Crippen LogP contribution in [0.5, 0.6) is 0 Å². The molecule has 2 rings (SSSR count). The molecule has 0 spiro atoms. The molecule has 0 amide bonds. The molecule has 1 aromatic heterocycles. The fourth-order valence-electron chi connectivity index (χ4n) is 2.67. The third kappa shape index (κ3) is 2.29. The Labute approximate surface area is 112 Å². The SMILES string of the molecule is CCc1nn(CC)c(CC2(CN)CCC2)c1Br. The number of hydrogen-bond acceptors (Lipinski definition) is 2. The Kier molecular flexibility index (Phi) is 3.93. The van der Waals surface area contributed by atoms with Gasteiger partial charge in [0.1, 0.15) is 0 Å².